The number of piperidine rings is 1. The van der Waals surface area contributed by atoms with Crippen LogP contribution in [0.2, 0.25) is 0 Å². The molecule has 0 saturated carbocycles. The van der Waals surface area contributed by atoms with Crippen molar-refractivity contribution in [2.75, 3.05) is 19.6 Å². The van der Waals surface area contributed by atoms with Gasteiger partial charge in [-0.25, -0.2) is 0 Å². The molecule has 1 fully saturated rings. The lowest BCUT2D eigenvalue weighted by atomic mass is 9.73. The Morgan fingerprint density at radius 2 is 2.03 bits per heavy atom. The van der Waals surface area contributed by atoms with Crippen molar-refractivity contribution in [2.45, 2.75) is 26.2 Å². The second kappa shape index (κ2) is 9.12. The molecule has 3 aromatic rings. The van der Waals surface area contributed by atoms with Gasteiger partial charge < -0.3 is 10.2 Å². The number of H-pyrrole nitrogens is 1. The summed E-state index contributed by atoms with van der Waals surface area (Å²) in [6, 6.07) is 13.7. The molecule has 0 aliphatic carbocycles. The average Bonchev–Trinajstić information content (AvgIpc) is 3.35. The van der Waals surface area contributed by atoms with E-state index in [2.05, 4.69) is 32.6 Å². The van der Waals surface area contributed by atoms with Crippen LogP contribution in [0.25, 0.3) is 11.1 Å². The summed E-state index contributed by atoms with van der Waals surface area (Å²) in [5, 5.41) is 9.66. The minimum absolute atomic E-state index is 0.00176. The predicted octanol–water partition coefficient (Wildman–Crippen LogP) is 3.07. The molecule has 1 saturated heterocycles. The van der Waals surface area contributed by atoms with Gasteiger partial charge in [0.15, 0.2) is 0 Å². The number of rotatable bonds is 6. The molecule has 1 aliphatic rings. The fourth-order valence-electron chi connectivity index (χ4n) is 4.45. The zero-order chi connectivity index (χ0) is 21.7. The first-order valence-electron chi connectivity index (χ1n) is 10.7. The lowest BCUT2D eigenvalue weighted by Gasteiger charge is -2.42. The number of hydrogen-bond acceptors (Lipinski definition) is 4. The molecule has 0 radical (unpaired) electrons. The first-order valence-corrected chi connectivity index (χ1v) is 10.7. The van der Waals surface area contributed by atoms with E-state index in [0.29, 0.717) is 31.7 Å². The van der Waals surface area contributed by atoms with Gasteiger partial charge in [0.1, 0.15) is 5.69 Å². The maximum atomic E-state index is 13.3. The zero-order valence-corrected chi connectivity index (χ0v) is 17.7. The smallest absolute Gasteiger partial charge is 0.271 e. The van der Waals surface area contributed by atoms with Crippen LogP contribution in [0.1, 0.15) is 35.8 Å². The van der Waals surface area contributed by atoms with Crippen LogP contribution in [0.5, 0.6) is 0 Å². The van der Waals surface area contributed by atoms with Gasteiger partial charge in [-0.15, -0.1) is 0 Å². The first-order chi connectivity index (χ1) is 15.1. The zero-order valence-electron chi connectivity index (χ0n) is 17.7. The van der Waals surface area contributed by atoms with Gasteiger partial charge in [0.25, 0.3) is 5.91 Å². The van der Waals surface area contributed by atoms with E-state index in [-0.39, 0.29) is 11.8 Å². The van der Waals surface area contributed by atoms with Gasteiger partial charge in [-0.2, -0.15) is 5.10 Å². The first kappa shape index (κ1) is 20.8. The van der Waals surface area contributed by atoms with Crippen LogP contribution in [0.15, 0.2) is 61.1 Å². The summed E-state index contributed by atoms with van der Waals surface area (Å²) in [4.78, 5) is 32.4. The fourth-order valence-corrected chi connectivity index (χ4v) is 4.45. The number of aromatic nitrogens is 3. The van der Waals surface area contributed by atoms with Crippen LogP contribution in [0.3, 0.4) is 0 Å². The SMILES string of the molecule is CCNC(=O)C1(Cc2ccccc2-c2cccnc2)CCCN(C(=O)c2ccn[nH]2)C1. The topological polar surface area (TPSA) is 91.0 Å². The maximum Gasteiger partial charge on any atom is 0.271 e. The van der Waals surface area contributed by atoms with Crippen LogP contribution in [-0.2, 0) is 11.2 Å². The molecule has 2 N–H and O–H groups in total. The molecular weight excluding hydrogens is 390 g/mol. The Balaban J connectivity index is 1.68. The Labute approximate surface area is 181 Å². The van der Waals surface area contributed by atoms with Crippen molar-refractivity contribution in [1.29, 1.82) is 0 Å². The molecule has 7 nitrogen and oxygen atoms in total. The van der Waals surface area contributed by atoms with Gasteiger partial charge in [-0.1, -0.05) is 30.3 Å². The lowest BCUT2D eigenvalue weighted by molar-refractivity contribution is -0.133. The Hall–Kier alpha value is -3.48. The number of nitrogens with one attached hydrogen (secondary N) is 2. The van der Waals surface area contributed by atoms with Crippen molar-refractivity contribution in [1.82, 2.24) is 25.4 Å². The van der Waals surface area contributed by atoms with Gasteiger partial charge in [-0.3, -0.25) is 19.7 Å². The highest BCUT2D eigenvalue weighted by Crippen LogP contribution is 2.37. The summed E-state index contributed by atoms with van der Waals surface area (Å²) < 4.78 is 0. The number of likely N-dealkylation sites (tertiary alicyclic amines) is 1. The summed E-state index contributed by atoms with van der Waals surface area (Å²) in [5.74, 6) is -0.121. The normalized spacial score (nSPS) is 18.5. The highest BCUT2D eigenvalue weighted by atomic mass is 16.2. The molecule has 4 rings (SSSR count). The van der Waals surface area contributed by atoms with Crippen LogP contribution in [0, 0.1) is 5.41 Å². The Morgan fingerprint density at radius 3 is 2.77 bits per heavy atom. The van der Waals surface area contributed by atoms with Gasteiger partial charge in [0, 0.05) is 43.8 Å². The fraction of sp³-hybridized carbons (Fsp3) is 0.333. The van der Waals surface area contributed by atoms with Crippen molar-refractivity contribution < 1.29 is 9.59 Å². The van der Waals surface area contributed by atoms with E-state index in [1.165, 1.54) is 0 Å². The predicted molar refractivity (Wildman–Crippen MR) is 118 cm³/mol. The van der Waals surface area contributed by atoms with Crippen molar-refractivity contribution in [2.24, 2.45) is 5.41 Å². The number of carbonyl (C=O) groups excluding carboxylic acids is 2. The van der Waals surface area contributed by atoms with Gasteiger partial charge in [-0.05, 0) is 49.4 Å². The number of pyridine rings is 1. The number of amides is 2. The Morgan fingerprint density at radius 1 is 1.16 bits per heavy atom. The van der Waals surface area contributed by atoms with Crippen LogP contribution in [-0.4, -0.2) is 51.5 Å². The standard InChI is InChI=1S/C24H27N5O2/c1-2-26-23(31)24(11-6-14-29(17-24)22(30)21-10-13-27-28-21)15-18-7-3-4-9-20(18)19-8-5-12-25-16-19/h3-5,7-10,12-13,16H,2,6,11,14-15,17H2,1H3,(H,26,31)(H,27,28). The average molecular weight is 418 g/mol. The molecule has 1 aromatic carbocycles. The minimum atomic E-state index is -0.692. The highest BCUT2D eigenvalue weighted by molar-refractivity contribution is 5.93. The molecule has 1 aliphatic heterocycles. The molecule has 31 heavy (non-hydrogen) atoms. The minimum Gasteiger partial charge on any atom is -0.356 e. The van der Waals surface area contributed by atoms with Crippen molar-refractivity contribution in [3.05, 3.63) is 72.3 Å². The third-order valence-corrected chi connectivity index (χ3v) is 5.93. The molecule has 3 heterocycles. The van der Waals surface area contributed by atoms with E-state index < -0.39 is 5.41 Å². The summed E-state index contributed by atoms with van der Waals surface area (Å²) >= 11 is 0. The van der Waals surface area contributed by atoms with Gasteiger partial charge in [0.05, 0.1) is 5.41 Å². The Bertz CT molecular complexity index is 1040. The molecule has 2 aromatic heterocycles. The molecule has 1 unspecified atom stereocenters. The van der Waals surface area contributed by atoms with Gasteiger partial charge >= 0.3 is 0 Å². The largest absolute Gasteiger partial charge is 0.356 e. The molecule has 160 valence electrons. The van der Waals surface area contributed by atoms with Crippen molar-refractivity contribution in [3.63, 3.8) is 0 Å². The van der Waals surface area contributed by atoms with Crippen LogP contribution in [0.4, 0.5) is 0 Å². The summed E-state index contributed by atoms with van der Waals surface area (Å²) in [6.45, 7) is 3.48. The maximum absolute atomic E-state index is 13.3. The summed E-state index contributed by atoms with van der Waals surface area (Å²) in [5.41, 5.74) is 2.92. The number of carbonyl (C=O) groups is 2. The third-order valence-electron chi connectivity index (χ3n) is 5.93. The Kier molecular flexibility index (Phi) is 6.11. The number of aromatic amines is 1. The van der Waals surface area contributed by atoms with Crippen LogP contribution >= 0.6 is 0 Å². The molecule has 1 atom stereocenters. The number of hydrogen-bond donors (Lipinski definition) is 2. The van der Waals surface area contributed by atoms with E-state index in [1.54, 1.807) is 23.4 Å². The molecule has 0 spiro atoms. The number of benzene rings is 1. The summed E-state index contributed by atoms with van der Waals surface area (Å²) in [7, 11) is 0. The van der Waals surface area contributed by atoms with Gasteiger partial charge in [0.2, 0.25) is 5.91 Å². The second-order valence-electron chi connectivity index (χ2n) is 8.02. The molecular formula is C24H27N5O2. The monoisotopic (exact) mass is 417 g/mol. The lowest BCUT2D eigenvalue weighted by Crippen LogP contribution is -2.54. The van der Waals surface area contributed by atoms with Crippen molar-refractivity contribution >= 4 is 11.8 Å². The molecule has 7 heteroatoms. The van der Waals surface area contributed by atoms with E-state index in [9.17, 15) is 9.59 Å². The van der Waals surface area contributed by atoms with E-state index in [4.69, 9.17) is 0 Å². The summed E-state index contributed by atoms with van der Waals surface area (Å²) in [6.07, 6.45) is 7.21. The van der Waals surface area contributed by atoms with Crippen molar-refractivity contribution in [3.8, 4) is 11.1 Å². The highest BCUT2D eigenvalue weighted by Gasteiger charge is 2.44. The molecule has 0 bridgehead atoms. The number of nitrogens with zero attached hydrogens (tertiary/aromatic N) is 3. The third kappa shape index (κ3) is 4.35. The van der Waals surface area contributed by atoms with E-state index in [1.807, 2.05) is 37.4 Å². The molecule has 2 amide bonds. The second-order valence-corrected chi connectivity index (χ2v) is 8.02. The van der Waals surface area contributed by atoms with E-state index in [0.717, 1.165) is 29.5 Å². The van der Waals surface area contributed by atoms with E-state index >= 15 is 0 Å². The van der Waals surface area contributed by atoms with Crippen LogP contribution < -0.4 is 5.32 Å². The quantitative estimate of drug-likeness (QED) is 0.645.